The second-order valence-electron chi connectivity index (χ2n) is 7.98. The first-order valence-electron chi connectivity index (χ1n) is 9.41. The van der Waals surface area contributed by atoms with Gasteiger partial charge in [-0.2, -0.15) is 0 Å². The van der Waals surface area contributed by atoms with Crippen molar-refractivity contribution < 1.29 is 14.3 Å². The number of hydrogen-bond acceptors (Lipinski definition) is 4. The van der Waals surface area contributed by atoms with Gasteiger partial charge in [-0.15, -0.1) is 0 Å². The molecular formula is C22H27N3O3. The monoisotopic (exact) mass is 381 g/mol. The van der Waals surface area contributed by atoms with E-state index in [2.05, 4.69) is 22.3 Å². The fraction of sp³-hybridized carbons (Fsp3) is 0.364. The molecule has 6 heteroatoms. The maximum Gasteiger partial charge on any atom is 0.412 e. The van der Waals surface area contributed by atoms with Crippen LogP contribution in [0, 0.1) is 0 Å². The van der Waals surface area contributed by atoms with Gasteiger partial charge in [-0.05, 0) is 50.6 Å². The topological polar surface area (TPSA) is 61.9 Å². The fourth-order valence-electron chi connectivity index (χ4n) is 3.20. The highest BCUT2D eigenvalue weighted by molar-refractivity contribution is 5.96. The summed E-state index contributed by atoms with van der Waals surface area (Å²) in [6, 6.07) is 15.1. The molecular weight excluding hydrogens is 354 g/mol. The normalized spacial score (nSPS) is 14.1. The first-order chi connectivity index (χ1) is 13.2. The number of nitrogens with one attached hydrogen (secondary N) is 1. The van der Waals surface area contributed by atoms with Crippen molar-refractivity contribution in [2.75, 3.05) is 30.4 Å². The van der Waals surface area contributed by atoms with E-state index in [-0.39, 0.29) is 5.91 Å². The van der Waals surface area contributed by atoms with Gasteiger partial charge in [0, 0.05) is 43.6 Å². The highest BCUT2D eigenvalue weighted by atomic mass is 16.6. The molecule has 0 fully saturated rings. The predicted octanol–water partition coefficient (Wildman–Crippen LogP) is 4.13. The number of carbonyl (C=O) groups excluding carboxylic acids is 2. The standard InChI is InChI=1S/C22H27N3O3/c1-22(2,3)28-21(27)23-18-10-7-9-16(14-18)20(26)25-13-12-24(4)19-11-6-5-8-17(19)15-25/h5-11,14H,12-13,15H2,1-4H3,(H,23,27). The van der Waals surface area contributed by atoms with Gasteiger partial charge >= 0.3 is 6.09 Å². The van der Waals surface area contributed by atoms with Gasteiger partial charge in [0.05, 0.1) is 0 Å². The van der Waals surface area contributed by atoms with Crippen molar-refractivity contribution in [2.45, 2.75) is 32.9 Å². The highest BCUT2D eigenvalue weighted by Crippen LogP contribution is 2.25. The van der Waals surface area contributed by atoms with Gasteiger partial charge in [0.2, 0.25) is 0 Å². The van der Waals surface area contributed by atoms with Gasteiger partial charge in [-0.1, -0.05) is 24.3 Å². The number of amides is 2. The number of anilines is 2. The molecule has 3 rings (SSSR count). The van der Waals surface area contributed by atoms with Crippen molar-refractivity contribution in [1.29, 1.82) is 0 Å². The Kier molecular flexibility index (Phi) is 5.58. The first-order valence-corrected chi connectivity index (χ1v) is 9.41. The molecule has 0 bridgehead atoms. The molecule has 148 valence electrons. The van der Waals surface area contributed by atoms with Gasteiger partial charge in [-0.25, -0.2) is 4.79 Å². The third-order valence-electron chi connectivity index (χ3n) is 4.51. The summed E-state index contributed by atoms with van der Waals surface area (Å²) < 4.78 is 5.27. The Hall–Kier alpha value is -3.02. The van der Waals surface area contributed by atoms with E-state index in [1.54, 1.807) is 45.0 Å². The van der Waals surface area contributed by atoms with Gasteiger partial charge in [0.1, 0.15) is 5.60 Å². The van der Waals surface area contributed by atoms with Crippen molar-refractivity contribution in [3.63, 3.8) is 0 Å². The molecule has 0 unspecified atom stereocenters. The van der Waals surface area contributed by atoms with E-state index in [0.29, 0.717) is 24.3 Å². The lowest BCUT2D eigenvalue weighted by Crippen LogP contribution is -2.34. The number of carbonyl (C=O) groups is 2. The van der Waals surface area contributed by atoms with Crippen LogP contribution in [0.15, 0.2) is 48.5 Å². The van der Waals surface area contributed by atoms with Crippen molar-refractivity contribution >= 4 is 23.4 Å². The van der Waals surface area contributed by atoms with Crippen LogP contribution in [0.5, 0.6) is 0 Å². The van der Waals surface area contributed by atoms with Gasteiger partial charge in [-0.3, -0.25) is 10.1 Å². The second kappa shape index (κ2) is 7.92. The first kappa shape index (κ1) is 19.7. The van der Waals surface area contributed by atoms with Crippen LogP contribution in [-0.2, 0) is 11.3 Å². The smallest absolute Gasteiger partial charge is 0.412 e. The lowest BCUT2D eigenvalue weighted by atomic mass is 10.1. The van der Waals surface area contributed by atoms with E-state index in [1.165, 1.54) is 0 Å². The molecule has 6 nitrogen and oxygen atoms in total. The maximum absolute atomic E-state index is 13.1. The molecule has 2 amide bonds. The van der Waals surface area contributed by atoms with Crippen molar-refractivity contribution in [3.05, 3.63) is 59.7 Å². The molecule has 0 saturated carbocycles. The average Bonchev–Trinajstić information content (AvgIpc) is 2.79. The number of fused-ring (bicyclic) bond motifs is 1. The van der Waals surface area contributed by atoms with Crippen LogP contribution in [0.2, 0.25) is 0 Å². The van der Waals surface area contributed by atoms with Crippen molar-refractivity contribution in [3.8, 4) is 0 Å². The molecule has 1 aliphatic heterocycles. The fourth-order valence-corrected chi connectivity index (χ4v) is 3.20. The summed E-state index contributed by atoms with van der Waals surface area (Å²) in [6.07, 6.45) is -0.539. The lowest BCUT2D eigenvalue weighted by Gasteiger charge is -2.22. The zero-order valence-electron chi connectivity index (χ0n) is 16.9. The largest absolute Gasteiger partial charge is 0.444 e. The Balaban J connectivity index is 1.75. The van der Waals surface area contributed by atoms with E-state index in [4.69, 9.17) is 4.74 Å². The summed E-state index contributed by atoms with van der Waals surface area (Å²) in [6.45, 7) is 7.37. The Morgan fingerprint density at radius 2 is 1.79 bits per heavy atom. The van der Waals surface area contributed by atoms with Gasteiger partial charge in [0.25, 0.3) is 5.91 Å². The quantitative estimate of drug-likeness (QED) is 0.850. The van der Waals surface area contributed by atoms with Crippen LogP contribution in [0.1, 0.15) is 36.7 Å². The minimum atomic E-state index is -0.580. The summed E-state index contributed by atoms with van der Waals surface area (Å²) >= 11 is 0. The number of nitrogens with zero attached hydrogens (tertiary/aromatic N) is 2. The minimum Gasteiger partial charge on any atom is -0.444 e. The molecule has 2 aromatic carbocycles. The van der Waals surface area contributed by atoms with E-state index in [1.807, 2.05) is 24.1 Å². The molecule has 1 N–H and O–H groups in total. The molecule has 1 aliphatic rings. The summed E-state index contributed by atoms with van der Waals surface area (Å²) in [7, 11) is 2.04. The highest BCUT2D eigenvalue weighted by Gasteiger charge is 2.23. The van der Waals surface area contributed by atoms with E-state index in [9.17, 15) is 9.59 Å². The Bertz CT molecular complexity index is 873. The van der Waals surface area contributed by atoms with Crippen LogP contribution in [-0.4, -0.2) is 42.6 Å². The van der Waals surface area contributed by atoms with E-state index in [0.717, 1.165) is 17.8 Å². The van der Waals surface area contributed by atoms with Crippen LogP contribution < -0.4 is 10.2 Å². The molecule has 1 heterocycles. The minimum absolute atomic E-state index is 0.0575. The maximum atomic E-state index is 13.1. The number of likely N-dealkylation sites (N-methyl/N-ethyl adjacent to an activating group) is 1. The summed E-state index contributed by atoms with van der Waals surface area (Å²) in [5, 5.41) is 2.69. The van der Waals surface area contributed by atoms with Crippen molar-refractivity contribution in [1.82, 2.24) is 4.90 Å². The second-order valence-corrected chi connectivity index (χ2v) is 7.98. The van der Waals surface area contributed by atoms with Crippen LogP contribution in [0.3, 0.4) is 0 Å². The average molecular weight is 381 g/mol. The number of rotatable bonds is 2. The molecule has 0 radical (unpaired) electrons. The zero-order chi connectivity index (χ0) is 20.3. The number of ether oxygens (including phenoxy) is 1. The lowest BCUT2D eigenvalue weighted by molar-refractivity contribution is 0.0634. The molecule has 28 heavy (non-hydrogen) atoms. The van der Waals surface area contributed by atoms with E-state index >= 15 is 0 Å². The third kappa shape index (κ3) is 4.82. The van der Waals surface area contributed by atoms with Crippen LogP contribution in [0.4, 0.5) is 16.2 Å². The number of para-hydroxylation sites is 1. The number of hydrogen-bond donors (Lipinski definition) is 1. The SMILES string of the molecule is CN1CCN(C(=O)c2cccc(NC(=O)OC(C)(C)C)c2)Cc2ccccc21. The van der Waals surface area contributed by atoms with Gasteiger partial charge < -0.3 is 14.5 Å². The van der Waals surface area contributed by atoms with Crippen molar-refractivity contribution in [2.24, 2.45) is 0 Å². The summed E-state index contributed by atoms with van der Waals surface area (Å²) in [5.74, 6) is -0.0575. The molecule has 0 atom stereocenters. The molecule has 0 spiro atoms. The molecule has 2 aromatic rings. The molecule has 0 aromatic heterocycles. The van der Waals surface area contributed by atoms with Crippen LogP contribution in [0.25, 0.3) is 0 Å². The third-order valence-corrected chi connectivity index (χ3v) is 4.51. The summed E-state index contributed by atoms with van der Waals surface area (Å²) in [4.78, 5) is 29.1. The summed E-state index contributed by atoms with van der Waals surface area (Å²) in [5.41, 5.74) is 2.77. The molecule has 0 aliphatic carbocycles. The number of benzene rings is 2. The Morgan fingerprint density at radius 3 is 2.54 bits per heavy atom. The Labute approximate surface area is 166 Å². The van der Waals surface area contributed by atoms with E-state index < -0.39 is 11.7 Å². The molecule has 0 saturated heterocycles. The van der Waals surface area contributed by atoms with Crippen LogP contribution >= 0.6 is 0 Å². The predicted molar refractivity (Wildman–Crippen MR) is 111 cm³/mol. The van der Waals surface area contributed by atoms with Gasteiger partial charge in [0.15, 0.2) is 0 Å². The zero-order valence-corrected chi connectivity index (χ0v) is 16.9. The Morgan fingerprint density at radius 1 is 1.04 bits per heavy atom.